The van der Waals surface area contributed by atoms with Crippen LogP contribution >= 0.6 is 0 Å². The molecule has 2 amide bonds. The Labute approximate surface area is 192 Å². The molecule has 4 rings (SSSR count). The SMILES string of the molecule is COc1ccc(NC(=O)CN2C(=O)CC(c3ccc(C)cc3)=Nc3ccccc32)cc1OC. The summed E-state index contributed by atoms with van der Waals surface area (Å²) in [6.45, 7) is 1.87. The molecule has 168 valence electrons. The summed E-state index contributed by atoms with van der Waals surface area (Å²) in [7, 11) is 3.08. The van der Waals surface area contributed by atoms with Crippen LogP contribution in [0.25, 0.3) is 0 Å². The first-order chi connectivity index (χ1) is 16.0. The number of anilines is 2. The number of carbonyl (C=O) groups excluding carboxylic acids is 2. The number of carbonyl (C=O) groups is 2. The number of methoxy groups -OCH3 is 2. The van der Waals surface area contributed by atoms with Crippen LogP contribution < -0.4 is 19.7 Å². The standard InChI is InChI=1S/C26H25N3O4/c1-17-8-10-18(11-9-17)21-15-26(31)29(22-7-5-4-6-20(22)28-21)16-25(30)27-19-12-13-23(32-2)24(14-19)33-3/h4-14H,15-16H2,1-3H3,(H,27,30). The molecule has 0 spiro atoms. The summed E-state index contributed by atoms with van der Waals surface area (Å²) < 4.78 is 10.5. The molecule has 3 aromatic rings. The molecule has 0 saturated carbocycles. The number of aliphatic imine (C=N–C) groups is 1. The van der Waals surface area contributed by atoms with Gasteiger partial charge in [-0.1, -0.05) is 42.0 Å². The Bertz CT molecular complexity index is 1220. The van der Waals surface area contributed by atoms with Gasteiger partial charge in [-0.05, 0) is 36.8 Å². The van der Waals surface area contributed by atoms with Crippen molar-refractivity contribution in [3.05, 3.63) is 77.9 Å². The largest absolute Gasteiger partial charge is 0.493 e. The number of hydrogen-bond acceptors (Lipinski definition) is 5. The lowest BCUT2D eigenvalue weighted by Crippen LogP contribution is -2.38. The second-order valence-corrected chi connectivity index (χ2v) is 7.69. The summed E-state index contributed by atoms with van der Waals surface area (Å²) in [6.07, 6.45) is 0.0986. The van der Waals surface area contributed by atoms with Gasteiger partial charge in [-0.2, -0.15) is 0 Å². The fourth-order valence-electron chi connectivity index (χ4n) is 3.69. The number of amides is 2. The summed E-state index contributed by atoms with van der Waals surface area (Å²) in [4.78, 5) is 32.4. The number of ether oxygens (including phenoxy) is 2. The first-order valence-corrected chi connectivity index (χ1v) is 10.5. The van der Waals surface area contributed by atoms with Gasteiger partial charge in [-0.3, -0.25) is 14.6 Å². The van der Waals surface area contributed by atoms with Crippen LogP contribution in [0, 0.1) is 6.92 Å². The highest BCUT2D eigenvalue weighted by molar-refractivity contribution is 6.19. The van der Waals surface area contributed by atoms with E-state index in [-0.39, 0.29) is 24.8 Å². The van der Waals surface area contributed by atoms with Crippen LogP contribution in [-0.2, 0) is 9.59 Å². The topological polar surface area (TPSA) is 80.2 Å². The zero-order chi connectivity index (χ0) is 23.4. The van der Waals surface area contributed by atoms with E-state index in [9.17, 15) is 9.59 Å². The molecule has 7 nitrogen and oxygen atoms in total. The van der Waals surface area contributed by atoms with Crippen molar-refractivity contribution >= 4 is 34.6 Å². The van der Waals surface area contributed by atoms with Crippen LogP contribution in [-0.4, -0.2) is 38.3 Å². The highest BCUT2D eigenvalue weighted by atomic mass is 16.5. The van der Waals surface area contributed by atoms with E-state index in [0.29, 0.717) is 34.3 Å². The summed E-state index contributed by atoms with van der Waals surface area (Å²) in [6, 6.07) is 20.4. The van der Waals surface area contributed by atoms with Crippen LogP contribution in [0.15, 0.2) is 71.7 Å². The van der Waals surface area contributed by atoms with Crippen LogP contribution in [0.4, 0.5) is 17.1 Å². The van der Waals surface area contributed by atoms with Gasteiger partial charge in [-0.25, -0.2) is 0 Å². The zero-order valence-electron chi connectivity index (χ0n) is 18.8. The van der Waals surface area contributed by atoms with Crippen molar-refractivity contribution in [3.8, 4) is 11.5 Å². The van der Waals surface area contributed by atoms with Crippen molar-refractivity contribution in [3.63, 3.8) is 0 Å². The molecule has 1 heterocycles. The maximum atomic E-state index is 13.2. The van der Waals surface area contributed by atoms with Crippen LogP contribution in [0.1, 0.15) is 17.5 Å². The Morgan fingerprint density at radius 2 is 1.73 bits per heavy atom. The maximum absolute atomic E-state index is 13.2. The molecule has 0 atom stereocenters. The molecule has 0 aliphatic carbocycles. The molecule has 33 heavy (non-hydrogen) atoms. The second kappa shape index (κ2) is 9.56. The van der Waals surface area contributed by atoms with Crippen molar-refractivity contribution in [1.82, 2.24) is 0 Å². The molecule has 0 unspecified atom stereocenters. The van der Waals surface area contributed by atoms with Crippen molar-refractivity contribution in [2.75, 3.05) is 31.0 Å². The van der Waals surface area contributed by atoms with E-state index >= 15 is 0 Å². The second-order valence-electron chi connectivity index (χ2n) is 7.69. The molecule has 7 heteroatoms. The van der Waals surface area contributed by atoms with Gasteiger partial charge in [0.05, 0.1) is 37.7 Å². The molecular weight excluding hydrogens is 418 g/mol. The summed E-state index contributed by atoms with van der Waals surface area (Å²) >= 11 is 0. The number of para-hydroxylation sites is 2. The van der Waals surface area contributed by atoms with Crippen molar-refractivity contribution < 1.29 is 19.1 Å². The molecule has 3 aromatic carbocycles. The minimum Gasteiger partial charge on any atom is -0.493 e. The highest BCUT2D eigenvalue weighted by Gasteiger charge is 2.26. The average Bonchev–Trinajstić information content (AvgIpc) is 2.96. The Morgan fingerprint density at radius 3 is 2.45 bits per heavy atom. The third kappa shape index (κ3) is 4.87. The van der Waals surface area contributed by atoms with E-state index in [2.05, 4.69) is 5.32 Å². The van der Waals surface area contributed by atoms with Crippen molar-refractivity contribution in [2.45, 2.75) is 13.3 Å². The number of benzene rings is 3. The Morgan fingerprint density at radius 1 is 1.00 bits per heavy atom. The number of fused-ring (bicyclic) bond motifs is 1. The van der Waals surface area contributed by atoms with Gasteiger partial charge in [0.15, 0.2) is 11.5 Å². The summed E-state index contributed by atoms with van der Waals surface area (Å²) in [5.74, 6) is 0.543. The molecular formula is C26H25N3O4. The summed E-state index contributed by atoms with van der Waals surface area (Å²) in [5, 5.41) is 2.83. The first kappa shape index (κ1) is 22.1. The molecule has 1 aliphatic rings. The van der Waals surface area contributed by atoms with Crippen molar-refractivity contribution in [1.29, 1.82) is 0 Å². The predicted octanol–water partition coefficient (Wildman–Crippen LogP) is 4.51. The minimum atomic E-state index is -0.329. The first-order valence-electron chi connectivity index (χ1n) is 10.5. The molecule has 0 aromatic heterocycles. The average molecular weight is 444 g/mol. The van der Waals surface area contributed by atoms with Gasteiger partial charge in [-0.15, -0.1) is 0 Å². The van der Waals surface area contributed by atoms with E-state index < -0.39 is 0 Å². The van der Waals surface area contributed by atoms with Crippen LogP contribution in [0.5, 0.6) is 11.5 Å². The van der Waals surface area contributed by atoms with E-state index in [4.69, 9.17) is 14.5 Å². The van der Waals surface area contributed by atoms with Crippen LogP contribution in [0.3, 0.4) is 0 Å². The van der Waals surface area contributed by atoms with Gasteiger partial charge < -0.3 is 19.7 Å². The number of nitrogens with zero attached hydrogens (tertiary/aromatic N) is 2. The van der Waals surface area contributed by atoms with E-state index in [1.807, 2.05) is 49.4 Å². The fourth-order valence-corrected chi connectivity index (χ4v) is 3.69. The molecule has 0 saturated heterocycles. The number of aryl methyl sites for hydroxylation is 1. The number of rotatable bonds is 6. The van der Waals surface area contributed by atoms with Gasteiger partial charge in [0.2, 0.25) is 11.8 Å². The maximum Gasteiger partial charge on any atom is 0.244 e. The Balaban J connectivity index is 1.57. The minimum absolute atomic E-state index is 0.0986. The highest BCUT2D eigenvalue weighted by Crippen LogP contribution is 2.33. The van der Waals surface area contributed by atoms with Gasteiger partial charge in [0, 0.05) is 11.8 Å². The normalized spacial score (nSPS) is 13.0. The lowest BCUT2D eigenvalue weighted by molar-refractivity contribution is -0.120. The quantitative estimate of drug-likeness (QED) is 0.608. The van der Waals surface area contributed by atoms with Crippen molar-refractivity contribution in [2.24, 2.45) is 4.99 Å². The lowest BCUT2D eigenvalue weighted by atomic mass is 10.1. The van der Waals surface area contributed by atoms with E-state index in [1.165, 1.54) is 12.0 Å². The van der Waals surface area contributed by atoms with Gasteiger partial charge in [0.25, 0.3) is 0 Å². The number of hydrogen-bond donors (Lipinski definition) is 1. The molecule has 1 aliphatic heterocycles. The molecule has 0 fully saturated rings. The Kier molecular flexibility index (Phi) is 6.40. The molecule has 0 bridgehead atoms. The Hall–Kier alpha value is -4.13. The predicted molar refractivity (Wildman–Crippen MR) is 129 cm³/mol. The lowest BCUT2D eigenvalue weighted by Gasteiger charge is -2.22. The molecule has 1 N–H and O–H groups in total. The third-order valence-electron chi connectivity index (χ3n) is 5.40. The fraction of sp³-hybridized carbons (Fsp3) is 0.192. The zero-order valence-corrected chi connectivity index (χ0v) is 18.8. The van der Waals surface area contributed by atoms with E-state index in [0.717, 1.165) is 11.1 Å². The number of nitrogens with one attached hydrogen (secondary N) is 1. The van der Waals surface area contributed by atoms with E-state index in [1.54, 1.807) is 31.4 Å². The van der Waals surface area contributed by atoms with Gasteiger partial charge >= 0.3 is 0 Å². The molecule has 0 radical (unpaired) electrons. The van der Waals surface area contributed by atoms with Crippen LogP contribution in [0.2, 0.25) is 0 Å². The smallest absolute Gasteiger partial charge is 0.244 e. The van der Waals surface area contributed by atoms with Gasteiger partial charge in [0.1, 0.15) is 6.54 Å². The summed E-state index contributed by atoms with van der Waals surface area (Å²) in [5.41, 5.74) is 4.50. The third-order valence-corrected chi connectivity index (χ3v) is 5.40. The monoisotopic (exact) mass is 443 g/mol.